The van der Waals surface area contributed by atoms with Gasteiger partial charge in [0.05, 0.1) is 16.9 Å². The first-order valence-electron chi connectivity index (χ1n) is 8.88. The molecule has 0 aliphatic rings. The Balaban J connectivity index is 1.59. The zero-order chi connectivity index (χ0) is 19.5. The lowest BCUT2D eigenvalue weighted by atomic mass is 10.1. The van der Waals surface area contributed by atoms with E-state index in [-0.39, 0.29) is 6.04 Å². The van der Waals surface area contributed by atoms with Crippen LogP contribution in [0.15, 0.2) is 60.8 Å². The van der Waals surface area contributed by atoms with E-state index in [1.165, 1.54) is 12.1 Å². The molecular weight excluding hydrogens is 358 g/mol. The number of pyridine rings is 1. The van der Waals surface area contributed by atoms with Crippen LogP contribution in [0.2, 0.25) is 0 Å². The van der Waals surface area contributed by atoms with Crippen molar-refractivity contribution in [2.45, 2.75) is 13.0 Å². The van der Waals surface area contributed by atoms with Crippen LogP contribution >= 0.6 is 0 Å². The smallest absolute Gasteiger partial charge is 0.126 e. The molecule has 2 N–H and O–H groups in total. The van der Waals surface area contributed by atoms with Crippen molar-refractivity contribution in [3.05, 3.63) is 89.4 Å². The van der Waals surface area contributed by atoms with E-state index in [1.54, 1.807) is 6.20 Å². The van der Waals surface area contributed by atoms with Gasteiger partial charge in [0, 0.05) is 29.4 Å². The van der Waals surface area contributed by atoms with Crippen LogP contribution < -0.4 is 5.32 Å². The third-order valence-corrected chi connectivity index (χ3v) is 4.46. The number of hydrogen-bond acceptors (Lipinski definition) is 3. The molecule has 6 heteroatoms. The predicted molar refractivity (Wildman–Crippen MR) is 108 cm³/mol. The molecule has 28 heavy (non-hydrogen) atoms. The SMILES string of the molecule is CC(Nc1ccc2n[nH]c(C=Cc3ccccn3)c2c1)c1cc(F)cc(F)c1. The molecule has 1 atom stereocenters. The van der Waals surface area contributed by atoms with Crippen molar-refractivity contribution in [2.75, 3.05) is 5.32 Å². The molecule has 140 valence electrons. The maximum absolute atomic E-state index is 13.5. The van der Waals surface area contributed by atoms with Gasteiger partial charge < -0.3 is 5.32 Å². The maximum atomic E-state index is 13.5. The molecule has 4 rings (SSSR count). The number of halogens is 2. The zero-order valence-electron chi connectivity index (χ0n) is 15.2. The Hall–Kier alpha value is -3.54. The molecule has 2 aromatic carbocycles. The fourth-order valence-corrected chi connectivity index (χ4v) is 3.05. The first kappa shape index (κ1) is 17.9. The number of benzene rings is 2. The minimum Gasteiger partial charge on any atom is -0.378 e. The number of aromatic amines is 1. The van der Waals surface area contributed by atoms with Gasteiger partial charge in [-0.15, -0.1) is 0 Å². The van der Waals surface area contributed by atoms with Crippen LogP contribution in [0.25, 0.3) is 23.1 Å². The Morgan fingerprint density at radius 3 is 2.57 bits per heavy atom. The van der Waals surface area contributed by atoms with E-state index in [0.717, 1.165) is 34.0 Å². The highest BCUT2D eigenvalue weighted by Gasteiger charge is 2.10. The summed E-state index contributed by atoms with van der Waals surface area (Å²) < 4.78 is 27.0. The molecular formula is C22H18F2N4. The first-order valence-corrected chi connectivity index (χ1v) is 8.88. The largest absolute Gasteiger partial charge is 0.378 e. The van der Waals surface area contributed by atoms with E-state index in [9.17, 15) is 8.78 Å². The third kappa shape index (κ3) is 3.91. The summed E-state index contributed by atoms with van der Waals surface area (Å²) in [5.41, 5.74) is 3.91. The molecule has 0 radical (unpaired) electrons. The summed E-state index contributed by atoms with van der Waals surface area (Å²) in [5.74, 6) is -1.17. The van der Waals surface area contributed by atoms with Crippen LogP contribution in [-0.4, -0.2) is 15.2 Å². The molecule has 2 aromatic heterocycles. The van der Waals surface area contributed by atoms with Crippen LogP contribution in [0.4, 0.5) is 14.5 Å². The summed E-state index contributed by atoms with van der Waals surface area (Å²) in [5, 5.41) is 11.6. The van der Waals surface area contributed by atoms with Crippen molar-refractivity contribution in [3.63, 3.8) is 0 Å². The quantitative estimate of drug-likeness (QED) is 0.478. The van der Waals surface area contributed by atoms with Gasteiger partial charge in [-0.05, 0) is 67.1 Å². The molecule has 4 aromatic rings. The number of rotatable bonds is 5. The molecule has 4 nitrogen and oxygen atoms in total. The summed E-state index contributed by atoms with van der Waals surface area (Å²) in [6.45, 7) is 1.86. The summed E-state index contributed by atoms with van der Waals surface area (Å²) in [4.78, 5) is 4.27. The second kappa shape index (κ2) is 7.60. The summed E-state index contributed by atoms with van der Waals surface area (Å²) >= 11 is 0. The molecule has 2 heterocycles. The van der Waals surface area contributed by atoms with Crippen LogP contribution in [0, 0.1) is 11.6 Å². The van der Waals surface area contributed by atoms with Gasteiger partial charge >= 0.3 is 0 Å². The lowest BCUT2D eigenvalue weighted by Crippen LogP contribution is -2.07. The Bertz CT molecular complexity index is 1120. The van der Waals surface area contributed by atoms with Gasteiger partial charge in [0.25, 0.3) is 0 Å². The van der Waals surface area contributed by atoms with Gasteiger partial charge in [-0.2, -0.15) is 5.10 Å². The fourth-order valence-electron chi connectivity index (χ4n) is 3.05. The number of nitrogens with one attached hydrogen (secondary N) is 2. The van der Waals surface area contributed by atoms with Crippen LogP contribution in [-0.2, 0) is 0 Å². The lowest BCUT2D eigenvalue weighted by Gasteiger charge is -2.16. The van der Waals surface area contributed by atoms with Crippen molar-refractivity contribution >= 4 is 28.7 Å². The minimum absolute atomic E-state index is 0.262. The topological polar surface area (TPSA) is 53.6 Å². The van der Waals surface area contributed by atoms with Gasteiger partial charge in [0.2, 0.25) is 0 Å². The van der Waals surface area contributed by atoms with Crippen molar-refractivity contribution in [3.8, 4) is 0 Å². The molecule has 0 saturated heterocycles. The Kier molecular flexibility index (Phi) is 4.85. The van der Waals surface area contributed by atoms with Gasteiger partial charge in [-0.25, -0.2) is 8.78 Å². The standard InChI is InChI=1S/C22H18F2N4/c1-14(15-10-16(23)12-17(24)11-15)26-19-6-8-22-20(13-19)21(27-28-22)7-5-18-4-2-3-9-25-18/h2-14,26H,1H3,(H,27,28). The average Bonchev–Trinajstić information content (AvgIpc) is 3.09. The number of H-pyrrole nitrogens is 1. The van der Waals surface area contributed by atoms with E-state index in [2.05, 4.69) is 20.5 Å². The van der Waals surface area contributed by atoms with Gasteiger partial charge in [-0.3, -0.25) is 10.1 Å². The fraction of sp³-hybridized carbons (Fsp3) is 0.0909. The maximum Gasteiger partial charge on any atom is 0.126 e. The number of fused-ring (bicyclic) bond motifs is 1. The van der Waals surface area contributed by atoms with Crippen molar-refractivity contribution in [1.29, 1.82) is 0 Å². The summed E-state index contributed by atoms with van der Waals surface area (Å²) in [7, 11) is 0. The van der Waals surface area contributed by atoms with Gasteiger partial charge in [0.15, 0.2) is 0 Å². The Morgan fingerprint density at radius 1 is 1.00 bits per heavy atom. The van der Waals surface area contributed by atoms with E-state index < -0.39 is 11.6 Å². The highest BCUT2D eigenvalue weighted by atomic mass is 19.1. The molecule has 0 spiro atoms. The van der Waals surface area contributed by atoms with Crippen LogP contribution in [0.1, 0.15) is 29.9 Å². The average molecular weight is 376 g/mol. The van der Waals surface area contributed by atoms with Gasteiger partial charge in [0.1, 0.15) is 11.6 Å². The molecule has 0 aliphatic carbocycles. The molecule has 0 bridgehead atoms. The summed E-state index contributed by atoms with van der Waals surface area (Å²) in [6, 6.07) is 14.7. The highest BCUT2D eigenvalue weighted by Crippen LogP contribution is 2.26. The molecule has 0 aliphatic heterocycles. The molecule has 0 amide bonds. The second-order valence-corrected chi connectivity index (χ2v) is 6.53. The molecule has 0 saturated carbocycles. The van der Waals surface area contributed by atoms with Crippen LogP contribution in [0.5, 0.6) is 0 Å². The summed E-state index contributed by atoms with van der Waals surface area (Å²) in [6.07, 6.45) is 5.57. The third-order valence-electron chi connectivity index (χ3n) is 4.46. The number of hydrogen-bond donors (Lipinski definition) is 2. The van der Waals surface area contributed by atoms with Gasteiger partial charge in [-0.1, -0.05) is 6.07 Å². The normalized spacial score (nSPS) is 12.5. The van der Waals surface area contributed by atoms with Crippen molar-refractivity contribution in [1.82, 2.24) is 15.2 Å². The Labute approximate surface area is 160 Å². The van der Waals surface area contributed by atoms with E-state index in [1.807, 2.05) is 55.5 Å². The molecule has 0 fully saturated rings. The number of anilines is 1. The highest BCUT2D eigenvalue weighted by molar-refractivity contribution is 5.91. The zero-order valence-corrected chi connectivity index (χ0v) is 15.2. The van der Waals surface area contributed by atoms with Crippen LogP contribution in [0.3, 0.4) is 0 Å². The van der Waals surface area contributed by atoms with Crippen molar-refractivity contribution < 1.29 is 8.78 Å². The first-order chi connectivity index (χ1) is 13.6. The van der Waals surface area contributed by atoms with Crippen molar-refractivity contribution in [2.24, 2.45) is 0 Å². The predicted octanol–water partition coefficient (Wildman–Crippen LogP) is 5.58. The number of aromatic nitrogens is 3. The lowest BCUT2D eigenvalue weighted by molar-refractivity contribution is 0.577. The Morgan fingerprint density at radius 2 is 1.82 bits per heavy atom. The minimum atomic E-state index is -0.587. The molecule has 1 unspecified atom stereocenters. The monoisotopic (exact) mass is 376 g/mol. The van der Waals surface area contributed by atoms with E-state index in [0.29, 0.717) is 5.56 Å². The van der Waals surface area contributed by atoms with E-state index in [4.69, 9.17) is 0 Å². The second-order valence-electron chi connectivity index (χ2n) is 6.53. The van der Waals surface area contributed by atoms with E-state index >= 15 is 0 Å². The number of nitrogens with zero attached hydrogens (tertiary/aromatic N) is 2.